The van der Waals surface area contributed by atoms with E-state index in [1.54, 1.807) is 6.08 Å². The number of unbranched alkanes of at least 4 members (excludes halogenated alkanes) is 17. The first-order valence-corrected chi connectivity index (χ1v) is 32.6. The lowest BCUT2D eigenvalue weighted by Crippen LogP contribution is -2.61. The van der Waals surface area contributed by atoms with E-state index >= 15 is 0 Å². The van der Waals surface area contributed by atoms with Crippen LogP contribution in [0.5, 0.6) is 0 Å². The molecule has 1 heterocycles. The van der Waals surface area contributed by atoms with Crippen LogP contribution in [0.4, 0.5) is 0 Å². The van der Waals surface area contributed by atoms with Gasteiger partial charge in [-0.15, -0.1) is 0 Å². The summed E-state index contributed by atoms with van der Waals surface area (Å²) in [6, 6.07) is -1.06. The van der Waals surface area contributed by atoms with Crippen LogP contribution in [-0.2, 0) is 23.8 Å². The van der Waals surface area contributed by atoms with Gasteiger partial charge in [-0.3, -0.25) is 9.59 Å². The zero-order valence-corrected chi connectivity index (χ0v) is 52.0. The van der Waals surface area contributed by atoms with Gasteiger partial charge < -0.3 is 45.1 Å². The minimum atomic E-state index is -1.64. The van der Waals surface area contributed by atoms with E-state index in [4.69, 9.17) is 14.2 Å². The van der Waals surface area contributed by atoms with E-state index in [2.05, 4.69) is 154 Å². The van der Waals surface area contributed by atoms with Crippen LogP contribution in [0.3, 0.4) is 0 Å². The Morgan fingerprint density at radius 1 is 0.482 bits per heavy atom. The molecular weight excluding hydrogens is 1040 g/mol. The topological polar surface area (TPSA) is 175 Å². The third-order valence-corrected chi connectivity index (χ3v) is 14.2. The van der Waals surface area contributed by atoms with Gasteiger partial charge in [0, 0.05) is 6.42 Å². The van der Waals surface area contributed by atoms with Crippen LogP contribution >= 0.6 is 0 Å². The first-order valence-electron chi connectivity index (χ1n) is 32.6. The van der Waals surface area contributed by atoms with Crippen LogP contribution < -0.4 is 5.32 Å². The molecule has 1 aliphatic rings. The van der Waals surface area contributed by atoms with E-state index < -0.39 is 67.4 Å². The monoisotopic (exact) mass is 1160 g/mol. The molecule has 1 rings (SSSR count). The SMILES string of the molecule is CC/C=C\C/C=C\C/C=C\C/C=C\C/C=C\C/C=C\CCCC(O)C(=O)NC(COC1OC(CO)C(O)C(O)C1OC(=O)CCCCCCCCC/C=C\C/C=C\C/C=C\C/C=C\C/C=C\CC)C(O)/C=C/CCCCCCCCCCC. The van der Waals surface area contributed by atoms with Crippen molar-refractivity contribution >= 4 is 11.9 Å². The molecule has 0 bridgehead atoms. The molecule has 0 saturated carbocycles. The Balaban J connectivity index is 2.67. The molecular formula is C72H117NO10. The Hall–Kier alpha value is -4.46. The van der Waals surface area contributed by atoms with Gasteiger partial charge in [0.25, 0.3) is 0 Å². The first kappa shape index (κ1) is 76.6. The van der Waals surface area contributed by atoms with Gasteiger partial charge in [-0.1, -0.05) is 250 Å². The smallest absolute Gasteiger partial charge is 0.306 e. The Bertz CT molecular complexity index is 1910. The van der Waals surface area contributed by atoms with Crippen LogP contribution in [0.25, 0.3) is 0 Å². The maximum Gasteiger partial charge on any atom is 0.306 e. The van der Waals surface area contributed by atoms with Gasteiger partial charge in [0.15, 0.2) is 12.4 Å². The predicted octanol–water partition coefficient (Wildman–Crippen LogP) is 16.2. The number of hydrogen-bond acceptors (Lipinski definition) is 10. The summed E-state index contributed by atoms with van der Waals surface area (Å²) in [7, 11) is 0. The van der Waals surface area contributed by atoms with E-state index in [1.165, 1.54) is 38.5 Å². The standard InChI is InChI=1S/C72H117NO10/c1-4-7-10-13-16-19-22-24-26-28-30-32-33-34-36-38-40-42-45-48-51-54-57-60-67(77)83-70-69(79)68(78)66(61-74)82-72(70)81-62-63(64(75)58-55-52-49-46-43-21-18-15-12-9-6-3)73-71(80)65(76)59-56-53-50-47-44-41-39-37-35-31-29-27-25-23-20-17-14-11-8-5-2/h7-8,10-11,16-17,19-20,24-27,30-32,34-36,39,41,47,50,55,58,63-66,68-70,72,74-76,78-79H,4-6,9,12-15,18,21-23,28-29,33,37-38,40,42-46,48-49,51-54,56-57,59-62H2,1-3H3,(H,73,80)/b10-7-,11-8-,19-16-,20-17-,26-24-,27-25-,32-30-,35-31-,36-34-,41-39-,50-47-,58-55+. The molecule has 0 aromatic rings. The highest BCUT2D eigenvalue weighted by molar-refractivity contribution is 5.80. The molecule has 1 aliphatic heterocycles. The molecule has 1 fully saturated rings. The molecule has 83 heavy (non-hydrogen) atoms. The highest BCUT2D eigenvalue weighted by Gasteiger charge is 2.47. The summed E-state index contributed by atoms with van der Waals surface area (Å²) in [5.41, 5.74) is 0. The van der Waals surface area contributed by atoms with E-state index in [0.29, 0.717) is 19.3 Å². The molecule has 0 spiro atoms. The fourth-order valence-electron chi connectivity index (χ4n) is 9.16. The molecule has 8 atom stereocenters. The number of esters is 1. The maximum absolute atomic E-state index is 13.4. The molecule has 1 amide bonds. The Morgan fingerprint density at radius 2 is 0.867 bits per heavy atom. The van der Waals surface area contributed by atoms with Crippen molar-refractivity contribution in [2.24, 2.45) is 0 Å². The molecule has 6 N–H and O–H groups in total. The van der Waals surface area contributed by atoms with Gasteiger partial charge >= 0.3 is 5.97 Å². The molecule has 0 aliphatic carbocycles. The molecule has 0 aromatic heterocycles. The van der Waals surface area contributed by atoms with Gasteiger partial charge in [-0.05, 0) is 122 Å². The number of ether oxygens (including phenoxy) is 3. The molecule has 0 radical (unpaired) electrons. The molecule has 11 nitrogen and oxygen atoms in total. The predicted molar refractivity (Wildman–Crippen MR) is 347 cm³/mol. The number of allylic oxidation sites excluding steroid dienone is 23. The second-order valence-electron chi connectivity index (χ2n) is 21.7. The Labute approximate surface area is 505 Å². The van der Waals surface area contributed by atoms with Crippen molar-refractivity contribution < 1.29 is 49.3 Å². The molecule has 8 unspecified atom stereocenters. The lowest BCUT2D eigenvalue weighted by molar-refractivity contribution is -0.305. The summed E-state index contributed by atoms with van der Waals surface area (Å²) >= 11 is 0. The average Bonchev–Trinajstić information content (AvgIpc) is 3.61. The second-order valence-corrected chi connectivity index (χ2v) is 21.7. The van der Waals surface area contributed by atoms with E-state index in [-0.39, 0.29) is 19.4 Å². The van der Waals surface area contributed by atoms with Gasteiger partial charge in [-0.2, -0.15) is 0 Å². The highest BCUT2D eigenvalue weighted by Crippen LogP contribution is 2.26. The minimum absolute atomic E-state index is 0.0959. The third-order valence-electron chi connectivity index (χ3n) is 14.2. The fraction of sp³-hybridized carbons (Fsp3) is 0.639. The second kappa shape index (κ2) is 57.9. The molecule has 1 saturated heterocycles. The normalized spacial score (nSPS) is 19.5. The Kier molecular flexibility index (Phi) is 53.4. The van der Waals surface area contributed by atoms with Gasteiger partial charge in [0.1, 0.15) is 24.4 Å². The zero-order valence-electron chi connectivity index (χ0n) is 52.0. The molecule has 470 valence electrons. The van der Waals surface area contributed by atoms with Crippen LogP contribution in [0.1, 0.15) is 233 Å². The summed E-state index contributed by atoms with van der Waals surface area (Å²) in [5, 5.41) is 57.0. The molecule has 0 aromatic carbocycles. The number of amides is 1. The average molecular weight is 1160 g/mol. The van der Waals surface area contributed by atoms with E-state index in [9.17, 15) is 35.1 Å². The largest absolute Gasteiger partial charge is 0.454 e. The first-order chi connectivity index (χ1) is 40.7. The van der Waals surface area contributed by atoms with Crippen LogP contribution in [0, 0.1) is 0 Å². The van der Waals surface area contributed by atoms with Gasteiger partial charge in [0.05, 0.1) is 25.4 Å². The minimum Gasteiger partial charge on any atom is -0.454 e. The van der Waals surface area contributed by atoms with Crippen molar-refractivity contribution in [2.45, 2.75) is 282 Å². The number of carbonyl (C=O) groups excluding carboxylic acids is 2. The number of carbonyl (C=O) groups is 2. The number of aliphatic hydroxyl groups is 5. The van der Waals surface area contributed by atoms with Crippen molar-refractivity contribution in [2.75, 3.05) is 13.2 Å². The van der Waals surface area contributed by atoms with Crippen molar-refractivity contribution in [1.82, 2.24) is 5.32 Å². The maximum atomic E-state index is 13.4. The van der Waals surface area contributed by atoms with Crippen molar-refractivity contribution in [3.05, 3.63) is 146 Å². The Morgan fingerprint density at radius 3 is 1.30 bits per heavy atom. The summed E-state index contributed by atoms with van der Waals surface area (Å²) in [5.74, 6) is -1.26. The number of hydrogen-bond donors (Lipinski definition) is 6. The van der Waals surface area contributed by atoms with Crippen LogP contribution in [0.2, 0.25) is 0 Å². The third kappa shape index (κ3) is 45.6. The number of rotatable bonds is 53. The van der Waals surface area contributed by atoms with Crippen molar-refractivity contribution in [3.63, 3.8) is 0 Å². The highest BCUT2D eigenvalue weighted by atomic mass is 16.7. The lowest BCUT2D eigenvalue weighted by atomic mass is 9.99. The van der Waals surface area contributed by atoms with Crippen molar-refractivity contribution in [1.29, 1.82) is 0 Å². The van der Waals surface area contributed by atoms with Gasteiger partial charge in [0.2, 0.25) is 5.91 Å². The zero-order chi connectivity index (χ0) is 60.3. The van der Waals surface area contributed by atoms with Crippen LogP contribution in [0.15, 0.2) is 146 Å². The summed E-state index contributed by atoms with van der Waals surface area (Å²) in [6.07, 6.45) is 73.1. The summed E-state index contributed by atoms with van der Waals surface area (Å²) in [6.45, 7) is 5.51. The van der Waals surface area contributed by atoms with Gasteiger partial charge in [-0.25, -0.2) is 0 Å². The summed E-state index contributed by atoms with van der Waals surface area (Å²) in [4.78, 5) is 26.6. The lowest BCUT2D eigenvalue weighted by Gasteiger charge is -2.41. The number of aliphatic hydroxyl groups excluding tert-OH is 5. The molecule has 11 heteroatoms. The number of nitrogens with one attached hydrogen (secondary N) is 1. The van der Waals surface area contributed by atoms with E-state index in [1.807, 2.05) is 12.2 Å². The van der Waals surface area contributed by atoms with Crippen molar-refractivity contribution in [3.8, 4) is 0 Å². The van der Waals surface area contributed by atoms with Crippen LogP contribution in [-0.4, -0.2) is 99.6 Å². The summed E-state index contributed by atoms with van der Waals surface area (Å²) < 4.78 is 17.6. The van der Waals surface area contributed by atoms with E-state index in [0.717, 1.165) is 141 Å². The fourth-order valence-corrected chi connectivity index (χ4v) is 9.16. The quantitative estimate of drug-likeness (QED) is 0.0195.